The molecule has 0 atom stereocenters. The molecule has 1 N–H and O–H groups in total. The highest BCUT2D eigenvalue weighted by Gasteiger charge is 2.18. The van der Waals surface area contributed by atoms with Crippen molar-refractivity contribution in [3.05, 3.63) is 63.9 Å². The smallest absolute Gasteiger partial charge is 0.290 e. The van der Waals surface area contributed by atoms with Gasteiger partial charge >= 0.3 is 0 Å². The molecule has 1 amide bonds. The van der Waals surface area contributed by atoms with Crippen LogP contribution < -0.4 is 5.32 Å². The summed E-state index contributed by atoms with van der Waals surface area (Å²) in [6.07, 6.45) is 0.719. The number of benzene rings is 2. The van der Waals surface area contributed by atoms with Crippen LogP contribution in [0.2, 0.25) is 5.02 Å². The van der Waals surface area contributed by atoms with Crippen molar-refractivity contribution >= 4 is 33.4 Å². The monoisotopic (exact) mass is 448 g/mol. The molecule has 0 unspecified atom stereocenters. The first-order chi connectivity index (χ1) is 13.1. The minimum absolute atomic E-state index is 0.102. The molecule has 1 heterocycles. The van der Waals surface area contributed by atoms with Crippen LogP contribution >= 0.6 is 27.5 Å². The topological polar surface area (TPSA) is 69.0 Å². The van der Waals surface area contributed by atoms with Gasteiger partial charge in [0.1, 0.15) is 0 Å². The van der Waals surface area contributed by atoms with Crippen molar-refractivity contribution in [3.63, 3.8) is 0 Å². The van der Waals surface area contributed by atoms with E-state index in [0.29, 0.717) is 24.0 Å². The molecule has 27 heavy (non-hydrogen) atoms. The maximum atomic E-state index is 12.4. The zero-order valence-electron chi connectivity index (χ0n) is 14.7. The van der Waals surface area contributed by atoms with Crippen LogP contribution in [0.3, 0.4) is 0 Å². The molecule has 0 fully saturated rings. The van der Waals surface area contributed by atoms with Gasteiger partial charge in [-0.3, -0.25) is 4.79 Å². The van der Waals surface area contributed by atoms with Crippen molar-refractivity contribution in [2.24, 2.45) is 0 Å². The third kappa shape index (κ3) is 4.94. The van der Waals surface area contributed by atoms with E-state index in [0.717, 1.165) is 22.1 Å². The second-order valence-corrected chi connectivity index (χ2v) is 7.11. The Balaban J connectivity index is 1.96. The number of carbonyl (C=O) groups excluding carboxylic acids is 1. The average Bonchev–Trinajstić information content (AvgIpc) is 3.11. The Bertz CT molecular complexity index is 928. The van der Waals surface area contributed by atoms with E-state index >= 15 is 0 Å². The number of nitrogens with one attached hydrogen (secondary N) is 1. The van der Waals surface area contributed by atoms with Gasteiger partial charge in [0.05, 0.1) is 5.69 Å². The molecule has 1 aromatic heterocycles. The minimum atomic E-state index is -0.328. The molecule has 3 aromatic rings. The lowest BCUT2D eigenvalue weighted by Crippen LogP contribution is -2.26. The van der Waals surface area contributed by atoms with Crippen molar-refractivity contribution in [1.29, 1.82) is 0 Å². The number of methoxy groups -OCH3 is 1. The Kier molecular flexibility index (Phi) is 6.60. The summed E-state index contributed by atoms with van der Waals surface area (Å²) in [6, 6.07) is 14.9. The van der Waals surface area contributed by atoms with Crippen LogP contribution in [0, 0.1) is 0 Å². The fraction of sp³-hybridized carbons (Fsp3) is 0.211. The van der Waals surface area contributed by atoms with E-state index in [-0.39, 0.29) is 11.7 Å². The third-order valence-corrected chi connectivity index (χ3v) is 4.54. The fourth-order valence-corrected chi connectivity index (χ4v) is 2.94. The molecule has 0 radical (unpaired) electrons. The van der Waals surface area contributed by atoms with E-state index in [4.69, 9.17) is 16.3 Å². The maximum absolute atomic E-state index is 12.4. The highest BCUT2D eigenvalue weighted by Crippen LogP contribution is 2.24. The van der Waals surface area contributed by atoms with Crippen LogP contribution in [0.5, 0.6) is 0 Å². The van der Waals surface area contributed by atoms with Gasteiger partial charge in [0.15, 0.2) is 5.82 Å². The number of amides is 1. The zero-order valence-corrected chi connectivity index (χ0v) is 17.0. The van der Waals surface area contributed by atoms with Gasteiger partial charge < -0.3 is 10.1 Å². The molecule has 0 spiro atoms. The first kappa shape index (κ1) is 19.5. The molecule has 140 valence electrons. The predicted molar refractivity (Wildman–Crippen MR) is 108 cm³/mol. The quantitative estimate of drug-likeness (QED) is 0.551. The Hall–Kier alpha value is -2.22. The lowest BCUT2D eigenvalue weighted by atomic mass is 10.2. The highest BCUT2D eigenvalue weighted by molar-refractivity contribution is 9.10. The van der Waals surface area contributed by atoms with E-state index in [1.165, 1.54) is 0 Å². The van der Waals surface area contributed by atoms with Crippen LogP contribution in [0.4, 0.5) is 0 Å². The minimum Gasteiger partial charge on any atom is -0.385 e. The Morgan fingerprint density at radius 2 is 2.04 bits per heavy atom. The lowest BCUT2D eigenvalue weighted by molar-refractivity contribution is 0.0938. The van der Waals surface area contributed by atoms with E-state index in [1.807, 2.05) is 36.4 Å². The number of ether oxygens (including phenoxy) is 1. The molecule has 2 aromatic carbocycles. The van der Waals surface area contributed by atoms with Gasteiger partial charge in [-0.25, -0.2) is 9.67 Å². The van der Waals surface area contributed by atoms with Crippen LogP contribution in [-0.2, 0) is 4.74 Å². The Morgan fingerprint density at radius 1 is 1.26 bits per heavy atom. The predicted octanol–water partition coefficient (Wildman–Crippen LogP) is 4.12. The second kappa shape index (κ2) is 9.12. The zero-order chi connectivity index (χ0) is 19.2. The summed E-state index contributed by atoms with van der Waals surface area (Å²) in [5.41, 5.74) is 1.57. The van der Waals surface area contributed by atoms with Crippen molar-refractivity contribution in [3.8, 4) is 17.1 Å². The summed E-state index contributed by atoms with van der Waals surface area (Å²) >= 11 is 9.55. The Labute approximate surface area is 170 Å². The van der Waals surface area contributed by atoms with Crippen molar-refractivity contribution < 1.29 is 9.53 Å². The van der Waals surface area contributed by atoms with Gasteiger partial charge in [-0.1, -0.05) is 39.7 Å². The summed E-state index contributed by atoms with van der Waals surface area (Å²) in [7, 11) is 1.63. The van der Waals surface area contributed by atoms with Gasteiger partial charge in [-0.05, 0) is 42.8 Å². The molecular weight excluding hydrogens is 432 g/mol. The van der Waals surface area contributed by atoms with Crippen LogP contribution in [0.25, 0.3) is 17.1 Å². The average molecular weight is 450 g/mol. The number of hydrogen-bond acceptors (Lipinski definition) is 4. The molecule has 0 saturated heterocycles. The van der Waals surface area contributed by atoms with E-state index in [9.17, 15) is 4.79 Å². The number of carbonyl (C=O) groups is 1. The summed E-state index contributed by atoms with van der Waals surface area (Å²) in [5, 5.41) is 7.81. The van der Waals surface area contributed by atoms with Gasteiger partial charge in [-0.2, -0.15) is 0 Å². The van der Waals surface area contributed by atoms with Gasteiger partial charge in [0, 0.05) is 35.3 Å². The summed E-state index contributed by atoms with van der Waals surface area (Å²) in [5.74, 6) is 0.317. The summed E-state index contributed by atoms with van der Waals surface area (Å²) in [4.78, 5) is 16.9. The highest BCUT2D eigenvalue weighted by atomic mass is 79.9. The van der Waals surface area contributed by atoms with Crippen LogP contribution in [-0.4, -0.2) is 40.9 Å². The molecule has 6 nitrogen and oxygen atoms in total. The van der Waals surface area contributed by atoms with E-state index < -0.39 is 0 Å². The lowest BCUT2D eigenvalue weighted by Gasteiger charge is -2.06. The largest absolute Gasteiger partial charge is 0.385 e. The van der Waals surface area contributed by atoms with E-state index in [1.54, 1.807) is 23.9 Å². The van der Waals surface area contributed by atoms with Gasteiger partial charge in [-0.15, -0.1) is 5.10 Å². The van der Waals surface area contributed by atoms with Crippen molar-refractivity contribution in [2.75, 3.05) is 20.3 Å². The van der Waals surface area contributed by atoms with Crippen molar-refractivity contribution in [1.82, 2.24) is 20.1 Å². The van der Waals surface area contributed by atoms with Crippen LogP contribution in [0.15, 0.2) is 53.0 Å². The number of aromatic nitrogens is 3. The maximum Gasteiger partial charge on any atom is 0.290 e. The summed E-state index contributed by atoms with van der Waals surface area (Å²) < 4.78 is 7.58. The SMILES string of the molecule is COCCCNC(=O)c1nc(-c2cccc(Cl)c2)n(-c2ccc(Br)cc2)n1. The molecule has 3 rings (SSSR count). The molecule has 0 saturated carbocycles. The van der Waals surface area contributed by atoms with Crippen LogP contribution in [0.1, 0.15) is 17.0 Å². The number of rotatable bonds is 7. The fourth-order valence-electron chi connectivity index (χ4n) is 2.48. The first-order valence-electron chi connectivity index (χ1n) is 8.34. The molecule has 0 aliphatic heterocycles. The molecule has 8 heteroatoms. The number of hydrogen-bond donors (Lipinski definition) is 1. The standard InChI is InChI=1S/C19H18BrClN4O2/c1-27-11-3-10-22-19(26)17-23-18(13-4-2-5-15(21)12-13)25(24-17)16-8-6-14(20)7-9-16/h2,4-9,12H,3,10-11H2,1H3,(H,22,26). The van der Waals surface area contributed by atoms with Crippen molar-refractivity contribution in [2.45, 2.75) is 6.42 Å². The normalized spacial score (nSPS) is 10.8. The third-order valence-electron chi connectivity index (χ3n) is 3.78. The number of nitrogens with zero attached hydrogens (tertiary/aromatic N) is 3. The summed E-state index contributed by atoms with van der Waals surface area (Å²) in [6.45, 7) is 1.07. The molecule has 0 bridgehead atoms. The molecular formula is C19H18BrClN4O2. The van der Waals surface area contributed by atoms with Gasteiger partial charge in [0.25, 0.3) is 5.91 Å². The Morgan fingerprint density at radius 3 is 2.74 bits per heavy atom. The second-order valence-electron chi connectivity index (χ2n) is 5.76. The van der Waals surface area contributed by atoms with Gasteiger partial charge in [0.2, 0.25) is 5.82 Å². The van der Waals surface area contributed by atoms with E-state index in [2.05, 4.69) is 31.3 Å². The molecule has 0 aliphatic carbocycles. The number of halogens is 2. The molecule has 0 aliphatic rings. The first-order valence-corrected chi connectivity index (χ1v) is 9.51.